The zero-order chi connectivity index (χ0) is 23.2. The van der Waals surface area contributed by atoms with Crippen LogP contribution in [0.5, 0.6) is 0 Å². The number of aliphatic hydroxyl groups is 1. The highest BCUT2D eigenvalue weighted by atomic mass is 32.2. The number of nitrogens with zero attached hydrogens (tertiary/aromatic N) is 1. The monoisotopic (exact) mass is 446 g/mol. The number of methoxy groups -OCH3 is 1. The van der Waals surface area contributed by atoms with Crippen LogP contribution in [0.25, 0.3) is 0 Å². The van der Waals surface area contributed by atoms with E-state index in [2.05, 4.69) is 32.3 Å². The average Bonchev–Trinajstić information content (AvgIpc) is 2.71. The number of ether oxygens (including phenoxy) is 1. The number of hydrogen-bond donors (Lipinski definition) is 3. The van der Waals surface area contributed by atoms with E-state index in [4.69, 9.17) is 14.1 Å². The fourth-order valence-corrected chi connectivity index (χ4v) is 3.24. The van der Waals surface area contributed by atoms with Crippen molar-refractivity contribution < 1.29 is 23.4 Å². The molecule has 0 aromatic carbocycles. The van der Waals surface area contributed by atoms with Gasteiger partial charge in [-0.15, -0.1) is 0 Å². The number of nitrogens with one attached hydrogen (secondary N) is 1. The summed E-state index contributed by atoms with van der Waals surface area (Å²) in [6.45, 7) is 14.5. The van der Waals surface area contributed by atoms with Crippen LogP contribution in [0, 0.1) is 5.41 Å². The number of hydroxylamine groups is 2. The summed E-state index contributed by atoms with van der Waals surface area (Å²) in [6.07, 6.45) is 8.15. The third-order valence-electron chi connectivity index (χ3n) is 5.12. The van der Waals surface area contributed by atoms with Crippen molar-refractivity contribution in [2.24, 2.45) is 5.41 Å². The second-order valence-electron chi connectivity index (χ2n) is 8.18. The molecule has 7 nitrogen and oxygen atoms in total. The molecule has 30 heavy (non-hydrogen) atoms. The maximum atomic E-state index is 11.0. The van der Waals surface area contributed by atoms with Gasteiger partial charge in [0, 0.05) is 25.5 Å². The summed E-state index contributed by atoms with van der Waals surface area (Å²) in [4.78, 5) is 5.31. The minimum atomic E-state index is -1.88. The Morgan fingerprint density at radius 1 is 1.33 bits per heavy atom. The van der Waals surface area contributed by atoms with E-state index in [0.717, 1.165) is 43.5 Å². The third kappa shape index (κ3) is 12.5. The third-order valence-corrected chi connectivity index (χ3v) is 5.65. The Bertz CT molecular complexity index is 566. The first kappa shape index (κ1) is 28.8. The molecule has 3 atom stereocenters. The maximum absolute atomic E-state index is 11.0. The molecule has 0 rings (SSSR count). The summed E-state index contributed by atoms with van der Waals surface area (Å²) in [5.74, 6) is 0.0958. The Hall–Kier alpha value is -1.19. The largest absolute Gasteiger partial charge is 0.396 e. The molecule has 0 spiro atoms. The Morgan fingerprint density at radius 3 is 2.50 bits per heavy atom. The van der Waals surface area contributed by atoms with E-state index < -0.39 is 11.1 Å². The number of hydrogen-bond acceptors (Lipinski definition) is 6. The lowest BCUT2D eigenvalue weighted by atomic mass is 9.87. The lowest BCUT2D eigenvalue weighted by Crippen LogP contribution is -2.33. The van der Waals surface area contributed by atoms with E-state index in [1.165, 1.54) is 7.11 Å². The maximum Gasteiger partial charge on any atom is 0.154 e. The molecule has 0 aromatic heterocycles. The molecular weight excluding hydrogens is 404 g/mol. The molecule has 0 amide bonds. The molecule has 0 fully saturated rings. The van der Waals surface area contributed by atoms with Gasteiger partial charge >= 0.3 is 0 Å². The highest BCUT2D eigenvalue weighted by molar-refractivity contribution is 7.79. The molecule has 0 aromatic rings. The van der Waals surface area contributed by atoms with Crippen LogP contribution in [0.4, 0.5) is 0 Å². The number of rotatable bonds is 18. The minimum absolute atomic E-state index is 0.0796. The van der Waals surface area contributed by atoms with E-state index in [-0.39, 0.29) is 29.9 Å². The van der Waals surface area contributed by atoms with Crippen molar-refractivity contribution in [2.45, 2.75) is 65.0 Å². The lowest BCUT2D eigenvalue weighted by Gasteiger charge is -2.26. The summed E-state index contributed by atoms with van der Waals surface area (Å²) in [7, 11) is 3.19. The van der Waals surface area contributed by atoms with Gasteiger partial charge in [0.25, 0.3) is 0 Å². The van der Waals surface area contributed by atoms with Crippen molar-refractivity contribution in [1.82, 2.24) is 10.4 Å². The fourth-order valence-electron chi connectivity index (χ4n) is 2.92. The molecule has 0 saturated carbocycles. The van der Waals surface area contributed by atoms with Crippen molar-refractivity contribution in [3.05, 3.63) is 36.7 Å². The van der Waals surface area contributed by atoms with Gasteiger partial charge in [-0.2, -0.15) is 0 Å². The van der Waals surface area contributed by atoms with E-state index in [1.807, 2.05) is 13.0 Å². The van der Waals surface area contributed by atoms with Crippen LogP contribution in [0.3, 0.4) is 0 Å². The van der Waals surface area contributed by atoms with Gasteiger partial charge in [-0.1, -0.05) is 39.5 Å². The first-order chi connectivity index (χ1) is 14.1. The van der Waals surface area contributed by atoms with Crippen LogP contribution in [0.15, 0.2) is 36.7 Å². The Labute approximate surface area is 185 Å². The summed E-state index contributed by atoms with van der Waals surface area (Å²) < 4.78 is 25.3. The van der Waals surface area contributed by atoms with Crippen LogP contribution >= 0.6 is 0 Å². The van der Waals surface area contributed by atoms with Gasteiger partial charge in [-0.25, -0.2) is 4.21 Å². The second kappa shape index (κ2) is 15.6. The highest BCUT2D eigenvalue weighted by Crippen LogP contribution is 2.24. The van der Waals surface area contributed by atoms with Gasteiger partial charge in [-0.3, -0.25) is 9.90 Å². The van der Waals surface area contributed by atoms with Crippen LogP contribution in [-0.4, -0.2) is 64.2 Å². The van der Waals surface area contributed by atoms with Crippen molar-refractivity contribution in [3.8, 4) is 0 Å². The van der Waals surface area contributed by atoms with Crippen molar-refractivity contribution in [3.63, 3.8) is 0 Å². The average molecular weight is 447 g/mol. The Morgan fingerprint density at radius 2 is 2.00 bits per heavy atom. The Kier molecular flexibility index (Phi) is 15.0. The van der Waals surface area contributed by atoms with Gasteiger partial charge < -0.3 is 19.7 Å². The van der Waals surface area contributed by atoms with Crippen LogP contribution in [0.2, 0.25) is 0 Å². The van der Waals surface area contributed by atoms with E-state index in [1.54, 1.807) is 18.2 Å². The van der Waals surface area contributed by atoms with Crippen LogP contribution < -0.4 is 5.32 Å². The molecule has 3 N–H and O–H groups in total. The van der Waals surface area contributed by atoms with Gasteiger partial charge in [-0.05, 0) is 44.1 Å². The molecule has 0 aliphatic carbocycles. The van der Waals surface area contributed by atoms with Gasteiger partial charge in [0.1, 0.15) is 0 Å². The van der Waals surface area contributed by atoms with E-state index in [0.29, 0.717) is 6.54 Å². The molecule has 0 radical (unpaired) electrons. The molecule has 0 aliphatic rings. The topological polar surface area (TPSA) is 91.3 Å². The predicted octanol–water partition coefficient (Wildman–Crippen LogP) is 3.62. The summed E-state index contributed by atoms with van der Waals surface area (Å²) in [5.41, 5.74) is 1.54. The normalized spacial score (nSPS) is 15.4. The zero-order valence-electron chi connectivity index (χ0n) is 19.4. The SMILES string of the molecule is C=C/C(=C\CCC(CCCC(C)(C)CO)NC(=C)[C@H](C)OC)N(CCS(=O)O)OC. The fraction of sp³-hybridized carbons (Fsp3) is 0.727. The predicted molar refractivity (Wildman–Crippen MR) is 124 cm³/mol. The molecule has 0 bridgehead atoms. The van der Waals surface area contributed by atoms with Crippen LogP contribution in [-0.2, 0) is 20.7 Å². The first-order valence-corrected chi connectivity index (χ1v) is 11.7. The minimum Gasteiger partial charge on any atom is -0.396 e. The first-order valence-electron chi connectivity index (χ1n) is 10.4. The van der Waals surface area contributed by atoms with Gasteiger partial charge in [0.2, 0.25) is 0 Å². The van der Waals surface area contributed by atoms with E-state index in [9.17, 15) is 9.32 Å². The zero-order valence-corrected chi connectivity index (χ0v) is 20.2. The molecule has 0 aliphatic heterocycles. The molecule has 176 valence electrons. The molecule has 0 heterocycles. The smallest absolute Gasteiger partial charge is 0.154 e. The molecule has 0 saturated heterocycles. The standard InChI is InChI=1S/C22H42N2O5S/c1-8-21(24(29-7)15-16-30(26)27)13-9-11-20(23-18(2)19(3)28-6)12-10-14-22(4,5)17-25/h8,13,19-20,23,25H,1-2,9-12,14-17H2,3-7H3,(H,26,27)/b21-13+/t19-,20?/m0/s1. The molecule has 8 heteroatoms. The number of aliphatic hydroxyl groups excluding tert-OH is 1. The van der Waals surface area contributed by atoms with Crippen molar-refractivity contribution in [1.29, 1.82) is 0 Å². The summed E-state index contributed by atoms with van der Waals surface area (Å²) >= 11 is -1.88. The summed E-state index contributed by atoms with van der Waals surface area (Å²) in [6, 6.07) is 0.216. The lowest BCUT2D eigenvalue weighted by molar-refractivity contribution is -0.0919. The number of allylic oxidation sites excluding steroid dienone is 2. The van der Waals surface area contributed by atoms with E-state index >= 15 is 0 Å². The molecule has 2 unspecified atom stereocenters. The quantitative estimate of drug-likeness (QED) is 0.168. The highest BCUT2D eigenvalue weighted by Gasteiger charge is 2.18. The van der Waals surface area contributed by atoms with Crippen molar-refractivity contribution >= 4 is 11.1 Å². The second-order valence-corrected chi connectivity index (χ2v) is 9.23. The molecular formula is C22H42N2O5S. The Balaban J connectivity index is 5.00. The van der Waals surface area contributed by atoms with Gasteiger partial charge in [0.05, 0.1) is 31.2 Å². The summed E-state index contributed by atoms with van der Waals surface area (Å²) in [5, 5.41) is 14.5. The van der Waals surface area contributed by atoms with Crippen LogP contribution in [0.1, 0.15) is 52.9 Å². The van der Waals surface area contributed by atoms with Crippen molar-refractivity contribution in [2.75, 3.05) is 33.1 Å². The van der Waals surface area contributed by atoms with Gasteiger partial charge in [0.15, 0.2) is 11.1 Å².